The van der Waals surface area contributed by atoms with Crippen molar-refractivity contribution in [3.8, 4) is 0 Å². The Bertz CT molecular complexity index is 380. The van der Waals surface area contributed by atoms with Gasteiger partial charge in [-0.3, -0.25) is 9.59 Å². The van der Waals surface area contributed by atoms with E-state index >= 15 is 0 Å². The minimum absolute atomic E-state index is 0.177. The third-order valence-electron chi connectivity index (χ3n) is 5.00. The summed E-state index contributed by atoms with van der Waals surface area (Å²) in [5.74, 6) is 0.144. The maximum absolute atomic E-state index is 12.8. The number of ether oxygens (including phenoxy) is 2. The monoisotopic (exact) mass is 355 g/mol. The fourth-order valence-corrected chi connectivity index (χ4v) is 3.40. The van der Waals surface area contributed by atoms with Gasteiger partial charge in [-0.05, 0) is 31.6 Å². The summed E-state index contributed by atoms with van der Waals surface area (Å²) in [5, 5.41) is 0. The molecule has 1 rings (SSSR count). The van der Waals surface area contributed by atoms with Crippen molar-refractivity contribution in [2.24, 2.45) is 11.8 Å². The number of methoxy groups -OCH3 is 1. The summed E-state index contributed by atoms with van der Waals surface area (Å²) < 4.78 is 10.4. The molecule has 0 aromatic carbocycles. The van der Waals surface area contributed by atoms with Crippen LogP contribution in [0.1, 0.15) is 71.6 Å². The van der Waals surface area contributed by atoms with Crippen molar-refractivity contribution in [1.82, 2.24) is 4.90 Å². The molecule has 0 aromatic rings. The van der Waals surface area contributed by atoms with Gasteiger partial charge in [-0.1, -0.05) is 39.5 Å². The minimum Gasteiger partial charge on any atom is -0.469 e. The van der Waals surface area contributed by atoms with Crippen molar-refractivity contribution in [2.75, 3.05) is 33.4 Å². The number of hydrogen-bond acceptors (Lipinski definition) is 4. The summed E-state index contributed by atoms with van der Waals surface area (Å²) in [6.45, 7) is 6.50. The van der Waals surface area contributed by atoms with Crippen molar-refractivity contribution >= 4 is 11.9 Å². The van der Waals surface area contributed by atoms with Crippen molar-refractivity contribution in [3.05, 3.63) is 0 Å². The van der Waals surface area contributed by atoms with Crippen LogP contribution >= 0.6 is 0 Å². The molecule has 0 aliphatic heterocycles. The van der Waals surface area contributed by atoms with Gasteiger partial charge in [0, 0.05) is 32.7 Å². The number of nitrogens with zero attached hydrogens (tertiary/aromatic N) is 1. The second kappa shape index (κ2) is 13.2. The average molecular weight is 356 g/mol. The highest BCUT2D eigenvalue weighted by atomic mass is 16.5. The van der Waals surface area contributed by atoms with E-state index in [1.165, 1.54) is 26.4 Å². The van der Waals surface area contributed by atoms with Crippen LogP contribution in [0.5, 0.6) is 0 Å². The van der Waals surface area contributed by atoms with Crippen LogP contribution in [0.15, 0.2) is 0 Å². The van der Waals surface area contributed by atoms with Crippen LogP contribution < -0.4 is 0 Å². The molecule has 0 aromatic heterocycles. The molecule has 0 saturated heterocycles. The van der Waals surface area contributed by atoms with E-state index in [9.17, 15) is 9.59 Å². The lowest BCUT2D eigenvalue weighted by Crippen LogP contribution is -2.39. The molecule has 0 heterocycles. The molecule has 0 spiro atoms. The molecule has 0 radical (unpaired) electrons. The summed E-state index contributed by atoms with van der Waals surface area (Å²) >= 11 is 0. The fourth-order valence-electron chi connectivity index (χ4n) is 3.40. The molecule has 0 bridgehead atoms. The largest absolute Gasteiger partial charge is 0.469 e. The Hall–Kier alpha value is -1.10. The fraction of sp³-hybridized carbons (Fsp3) is 0.900. The zero-order valence-corrected chi connectivity index (χ0v) is 16.4. The normalized spacial score (nSPS) is 16.4. The predicted octanol–water partition coefficient (Wildman–Crippen LogP) is 3.80. The van der Waals surface area contributed by atoms with E-state index in [-0.39, 0.29) is 17.8 Å². The van der Waals surface area contributed by atoms with Gasteiger partial charge in [-0.25, -0.2) is 0 Å². The van der Waals surface area contributed by atoms with Crippen LogP contribution in [0.4, 0.5) is 0 Å². The lowest BCUT2D eigenvalue weighted by Gasteiger charge is -2.28. The molecular formula is C20H37NO4. The number of carbonyl (C=O) groups is 2. The first kappa shape index (κ1) is 21.9. The summed E-state index contributed by atoms with van der Waals surface area (Å²) in [6, 6.07) is 0. The third-order valence-corrected chi connectivity index (χ3v) is 5.00. The Morgan fingerprint density at radius 3 is 2.44 bits per heavy atom. The van der Waals surface area contributed by atoms with Gasteiger partial charge in [0.05, 0.1) is 13.0 Å². The molecule has 1 atom stereocenters. The topological polar surface area (TPSA) is 55.8 Å². The van der Waals surface area contributed by atoms with E-state index in [1.54, 1.807) is 0 Å². The first-order valence-electron chi connectivity index (χ1n) is 10.0. The number of amides is 1. The predicted molar refractivity (Wildman–Crippen MR) is 99.3 cm³/mol. The standard InChI is InChI=1S/C20H37NO4/c1-4-5-13-25-14-9-12-21(16-17(2)20(23)24-3)19(22)15-18-10-7-6-8-11-18/h17-18H,4-16H2,1-3H3. The van der Waals surface area contributed by atoms with Crippen LogP contribution in [0.2, 0.25) is 0 Å². The van der Waals surface area contributed by atoms with E-state index in [1.807, 2.05) is 11.8 Å². The van der Waals surface area contributed by atoms with Crippen LogP contribution in [0.3, 0.4) is 0 Å². The molecule has 1 aliphatic carbocycles. The van der Waals surface area contributed by atoms with Gasteiger partial charge in [0.1, 0.15) is 0 Å². The van der Waals surface area contributed by atoms with Crippen molar-refractivity contribution in [1.29, 1.82) is 0 Å². The van der Waals surface area contributed by atoms with Crippen LogP contribution in [0, 0.1) is 11.8 Å². The van der Waals surface area contributed by atoms with E-state index in [2.05, 4.69) is 6.92 Å². The first-order valence-corrected chi connectivity index (χ1v) is 10.0. The molecule has 1 unspecified atom stereocenters. The van der Waals surface area contributed by atoms with Crippen molar-refractivity contribution in [2.45, 2.75) is 71.6 Å². The van der Waals surface area contributed by atoms with Crippen molar-refractivity contribution in [3.63, 3.8) is 0 Å². The number of rotatable bonds is 12. The quantitative estimate of drug-likeness (QED) is 0.395. The second-order valence-electron chi connectivity index (χ2n) is 7.29. The smallest absolute Gasteiger partial charge is 0.310 e. The minimum atomic E-state index is -0.290. The molecule has 5 heteroatoms. The SMILES string of the molecule is CCCCOCCCN(CC(C)C(=O)OC)C(=O)CC1CCCCC1. The second-order valence-corrected chi connectivity index (χ2v) is 7.29. The van der Waals surface area contributed by atoms with E-state index < -0.39 is 0 Å². The van der Waals surface area contributed by atoms with E-state index in [4.69, 9.17) is 9.47 Å². The van der Waals surface area contributed by atoms with Crippen molar-refractivity contribution < 1.29 is 19.1 Å². The summed E-state index contributed by atoms with van der Waals surface area (Å²) in [7, 11) is 1.40. The maximum Gasteiger partial charge on any atom is 0.310 e. The van der Waals surface area contributed by atoms with Crippen LogP contribution in [-0.4, -0.2) is 50.2 Å². The Balaban J connectivity index is 2.47. The summed E-state index contributed by atoms with van der Waals surface area (Å²) in [4.78, 5) is 26.3. The molecule has 1 fully saturated rings. The average Bonchev–Trinajstić information content (AvgIpc) is 2.63. The summed E-state index contributed by atoms with van der Waals surface area (Å²) in [5.41, 5.74) is 0. The lowest BCUT2D eigenvalue weighted by atomic mass is 9.86. The molecular weight excluding hydrogens is 318 g/mol. The Labute approximate surface area is 153 Å². The zero-order valence-electron chi connectivity index (χ0n) is 16.4. The molecule has 1 saturated carbocycles. The first-order chi connectivity index (χ1) is 12.1. The number of carbonyl (C=O) groups excluding carboxylic acids is 2. The number of esters is 1. The van der Waals surface area contributed by atoms with Gasteiger partial charge >= 0.3 is 5.97 Å². The third kappa shape index (κ3) is 9.24. The van der Waals surface area contributed by atoms with Crippen LogP contribution in [-0.2, 0) is 19.1 Å². The maximum atomic E-state index is 12.8. The van der Waals surface area contributed by atoms with Gasteiger partial charge < -0.3 is 14.4 Å². The summed E-state index contributed by atoms with van der Waals surface area (Å²) in [6.07, 6.45) is 9.72. The lowest BCUT2D eigenvalue weighted by molar-refractivity contribution is -0.146. The zero-order chi connectivity index (χ0) is 18.5. The van der Waals surface area contributed by atoms with Gasteiger partial charge in [0.2, 0.25) is 5.91 Å². The van der Waals surface area contributed by atoms with E-state index in [0.29, 0.717) is 32.0 Å². The molecule has 5 nitrogen and oxygen atoms in total. The molecule has 146 valence electrons. The number of hydrogen-bond donors (Lipinski definition) is 0. The van der Waals surface area contributed by atoms with Gasteiger partial charge in [0.25, 0.3) is 0 Å². The van der Waals surface area contributed by atoms with Gasteiger partial charge in [0.15, 0.2) is 0 Å². The van der Waals surface area contributed by atoms with Gasteiger partial charge in [-0.15, -0.1) is 0 Å². The molecule has 0 N–H and O–H groups in total. The Kier molecular flexibility index (Phi) is 11.5. The molecule has 25 heavy (non-hydrogen) atoms. The molecule has 1 amide bonds. The Morgan fingerprint density at radius 2 is 1.80 bits per heavy atom. The van der Waals surface area contributed by atoms with Gasteiger partial charge in [-0.2, -0.15) is 0 Å². The highest BCUT2D eigenvalue weighted by Crippen LogP contribution is 2.27. The highest BCUT2D eigenvalue weighted by Gasteiger charge is 2.24. The number of unbranched alkanes of at least 4 members (excludes halogenated alkanes) is 1. The molecule has 1 aliphatic rings. The Morgan fingerprint density at radius 1 is 1.12 bits per heavy atom. The van der Waals surface area contributed by atoms with Crippen LogP contribution in [0.25, 0.3) is 0 Å². The highest BCUT2D eigenvalue weighted by molar-refractivity contribution is 5.78. The van der Waals surface area contributed by atoms with E-state index in [0.717, 1.165) is 38.7 Å².